The Hall–Kier alpha value is -2.75. The smallest absolute Gasteiger partial charge is 0.272 e. The number of hydrogen-bond donors (Lipinski definition) is 2. The molecular formula is C26H33ClN6O3. The lowest BCUT2D eigenvalue weighted by atomic mass is 9.94. The van der Waals surface area contributed by atoms with Gasteiger partial charge in [0.05, 0.1) is 6.10 Å². The van der Waals surface area contributed by atoms with E-state index in [-0.39, 0.29) is 41.4 Å². The number of nitrogens with zero attached hydrogens (tertiary/aromatic N) is 5. The zero-order valence-electron chi connectivity index (χ0n) is 20.6. The highest BCUT2D eigenvalue weighted by Gasteiger charge is 2.36. The fraction of sp³-hybridized carbons (Fsp3) is 0.538. The highest BCUT2D eigenvalue weighted by molar-refractivity contribution is 6.28. The molecule has 2 N–H and O–H groups in total. The van der Waals surface area contributed by atoms with Crippen LogP contribution in [0.5, 0.6) is 0 Å². The normalized spacial score (nSPS) is 23.3. The van der Waals surface area contributed by atoms with Crippen molar-refractivity contribution in [2.24, 2.45) is 0 Å². The Balaban J connectivity index is 1.20. The van der Waals surface area contributed by atoms with Gasteiger partial charge in [-0.15, -0.1) is 0 Å². The van der Waals surface area contributed by atoms with Gasteiger partial charge in [-0.05, 0) is 48.4 Å². The fourth-order valence-electron chi connectivity index (χ4n) is 5.64. The quantitative estimate of drug-likeness (QED) is 0.605. The average Bonchev–Trinajstić information content (AvgIpc) is 2.88. The number of anilines is 1. The molecule has 1 aromatic carbocycles. The molecule has 3 aliphatic rings. The van der Waals surface area contributed by atoms with E-state index in [1.165, 1.54) is 11.1 Å². The molecule has 4 heterocycles. The van der Waals surface area contributed by atoms with Crippen LogP contribution < -0.4 is 5.32 Å². The van der Waals surface area contributed by atoms with Crippen molar-refractivity contribution in [1.82, 2.24) is 24.7 Å². The lowest BCUT2D eigenvalue weighted by molar-refractivity contribution is -0.129. The number of piperidine rings is 2. The summed E-state index contributed by atoms with van der Waals surface area (Å²) in [5.74, 6) is 0.333. The molecule has 2 amide bonds. The lowest BCUT2D eigenvalue weighted by Gasteiger charge is -2.43. The van der Waals surface area contributed by atoms with Gasteiger partial charge in [0, 0.05) is 64.3 Å². The molecule has 0 radical (unpaired) electrons. The number of nitrogens with one attached hydrogen (secondary N) is 1. The molecule has 0 saturated carbocycles. The minimum absolute atomic E-state index is 0.00642. The molecule has 1 aromatic heterocycles. The Labute approximate surface area is 216 Å². The van der Waals surface area contributed by atoms with Crippen LogP contribution >= 0.6 is 11.6 Å². The van der Waals surface area contributed by atoms with Gasteiger partial charge in [-0.25, -0.2) is 9.97 Å². The molecule has 10 heteroatoms. The molecule has 3 aliphatic heterocycles. The number of benzene rings is 1. The van der Waals surface area contributed by atoms with E-state index in [0.29, 0.717) is 31.9 Å². The van der Waals surface area contributed by atoms with E-state index in [2.05, 4.69) is 44.5 Å². The molecule has 2 aromatic rings. The van der Waals surface area contributed by atoms with Crippen molar-refractivity contribution in [3.8, 4) is 0 Å². The Bertz CT molecular complexity index is 1120. The van der Waals surface area contributed by atoms with Crippen molar-refractivity contribution < 1.29 is 14.7 Å². The Morgan fingerprint density at radius 1 is 1.03 bits per heavy atom. The van der Waals surface area contributed by atoms with Gasteiger partial charge in [-0.1, -0.05) is 24.3 Å². The first-order valence-electron chi connectivity index (χ1n) is 12.7. The van der Waals surface area contributed by atoms with E-state index in [1.807, 2.05) is 4.90 Å². The van der Waals surface area contributed by atoms with Crippen LogP contribution in [0.4, 0.5) is 5.82 Å². The summed E-state index contributed by atoms with van der Waals surface area (Å²) < 4.78 is 0. The number of amides is 2. The van der Waals surface area contributed by atoms with Crippen LogP contribution in [-0.2, 0) is 17.8 Å². The van der Waals surface area contributed by atoms with Gasteiger partial charge in [0.25, 0.3) is 5.91 Å². The summed E-state index contributed by atoms with van der Waals surface area (Å²) in [5.41, 5.74) is 2.92. The highest BCUT2D eigenvalue weighted by Crippen LogP contribution is 2.26. The van der Waals surface area contributed by atoms with Gasteiger partial charge in [-0.3, -0.25) is 14.5 Å². The zero-order valence-corrected chi connectivity index (χ0v) is 21.3. The third-order valence-corrected chi connectivity index (χ3v) is 7.84. The average molecular weight is 513 g/mol. The minimum atomic E-state index is -0.630. The number of halogens is 1. The molecule has 0 spiro atoms. The minimum Gasteiger partial charge on any atom is -0.390 e. The highest BCUT2D eigenvalue weighted by atomic mass is 35.5. The predicted octanol–water partition coefficient (Wildman–Crippen LogP) is 2.19. The van der Waals surface area contributed by atoms with Gasteiger partial charge in [0.2, 0.25) is 11.2 Å². The van der Waals surface area contributed by atoms with Gasteiger partial charge < -0.3 is 20.2 Å². The van der Waals surface area contributed by atoms with E-state index in [1.54, 1.807) is 17.9 Å². The van der Waals surface area contributed by atoms with Gasteiger partial charge in [0.15, 0.2) is 0 Å². The molecule has 2 atom stereocenters. The number of hydrogen-bond acceptors (Lipinski definition) is 7. The summed E-state index contributed by atoms with van der Waals surface area (Å²) in [6.07, 6.45) is 2.64. The maximum atomic E-state index is 13.3. The second kappa shape index (κ2) is 10.7. The predicted molar refractivity (Wildman–Crippen MR) is 137 cm³/mol. The molecular weight excluding hydrogens is 480 g/mol. The van der Waals surface area contributed by atoms with Crippen LogP contribution in [0.25, 0.3) is 0 Å². The number of fused-ring (bicyclic) bond motifs is 1. The maximum absolute atomic E-state index is 13.3. The summed E-state index contributed by atoms with van der Waals surface area (Å²) in [4.78, 5) is 39.1. The van der Waals surface area contributed by atoms with Crippen molar-refractivity contribution in [1.29, 1.82) is 0 Å². The van der Waals surface area contributed by atoms with E-state index in [4.69, 9.17) is 11.6 Å². The Morgan fingerprint density at radius 3 is 2.47 bits per heavy atom. The molecule has 5 rings (SSSR count). The first-order chi connectivity index (χ1) is 17.4. The number of aromatic nitrogens is 2. The summed E-state index contributed by atoms with van der Waals surface area (Å²) in [5, 5.41) is 14.3. The van der Waals surface area contributed by atoms with Crippen molar-refractivity contribution in [2.75, 3.05) is 38.0 Å². The van der Waals surface area contributed by atoms with Crippen LogP contribution in [0.2, 0.25) is 5.28 Å². The van der Waals surface area contributed by atoms with Gasteiger partial charge in [0.1, 0.15) is 11.5 Å². The summed E-state index contributed by atoms with van der Waals surface area (Å²) in [7, 11) is 0. The fourth-order valence-corrected chi connectivity index (χ4v) is 5.82. The first kappa shape index (κ1) is 24.9. The standard InChI is InChI=1S/C26H33ClN6O3/c1-17(34)31-11-7-20(8-12-31)28-24-14-21(29-26(27)30-24)25(36)33-13-9-22(23(35)16-33)32-10-6-18-4-2-3-5-19(18)15-32/h2-5,14,20,22-23,35H,6-13,15-16H2,1H3,(H,28,29,30)/t22-,23-/m1/s1. The van der Waals surface area contributed by atoms with Crippen LogP contribution in [0.1, 0.15) is 47.8 Å². The maximum Gasteiger partial charge on any atom is 0.272 e. The van der Waals surface area contributed by atoms with Gasteiger partial charge >= 0.3 is 0 Å². The molecule has 0 unspecified atom stereocenters. The Morgan fingerprint density at radius 2 is 1.75 bits per heavy atom. The largest absolute Gasteiger partial charge is 0.390 e. The number of rotatable bonds is 4. The first-order valence-corrected chi connectivity index (χ1v) is 13.1. The second-order valence-corrected chi connectivity index (χ2v) is 10.3. The molecule has 192 valence electrons. The zero-order chi connectivity index (χ0) is 25.2. The second-order valence-electron chi connectivity index (χ2n) is 10.00. The van der Waals surface area contributed by atoms with E-state index < -0.39 is 6.10 Å². The third-order valence-electron chi connectivity index (χ3n) is 7.67. The third kappa shape index (κ3) is 5.48. The summed E-state index contributed by atoms with van der Waals surface area (Å²) in [6.45, 7) is 5.51. The van der Waals surface area contributed by atoms with Crippen molar-refractivity contribution in [3.05, 3.63) is 52.4 Å². The molecule has 0 bridgehead atoms. The molecule has 9 nitrogen and oxygen atoms in total. The summed E-state index contributed by atoms with van der Waals surface area (Å²) >= 11 is 6.17. The van der Waals surface area contributed by atoms with Gasteiger partial charge in [-0.2, -0.15) is 0 Å². The molecule has 2 saturated heterocycles. The van der Waals surface area contributed by atoms with Crippen LogP contribution in [-0.4, -0.2) is 92.5 Å². The van der Waals surface area contributed by atoms with Crippen LogP contribution in [0.15, 0.2) is 30.3 Å². The number of carbonyl (C=O) groups excluding carboxylic acids is 2. The molecule has 2 fully saturated rings. The van der Waals surface area contributed by atoms with E-state index >= 15 is 0 Å². The Kier molecular flexibility index (Phi) is 7.41. The molecule has 36 heavy (non-hydrogen) atoms. The van der Waals surface area contributed by atoms with Crippen LogP contribution in [0, 0.1) is 0 Å². The molecule has 0 aliphatic carbocycles. The van der Waals surface area contributed by atoms with Crippen molar-refractivity contribution >= 4 is 29.2 Å². The van der Waals surface area contributed by atoms with E-state index in [9.17, 15) is 14.7 Å². The topological polar surface area (TPSA) is 102 Å². The lowest BCUT2D eigenvalue weighted by Crippen LogP contribution is -2.56. The summed E-state index contributed by atoms with van der Waals surface area (Å²) in [6, 6.07) is 10.3. The number of carbonyl (C=O) groups is 2. The number of aliphatic hydroxyl groups is 1. The van der Waals surface area contributed by atoms with E-state index in [0.717, 1.165) is 32.4 Å². The number of aliphatic hydroxyl groups excluding tert-OH is 1. The number of likely N-dealkylation sites (tertiary alicyclic amines) is 2. The van der Waals surface area contributed by atoms with Crippen LogP contribution in [0.3, 0.4) is 0 Å². The SMILES string of the molecule is CC(=O)N1CCC(Nc2cc(C(=O)N3CC[C@@H](N4CCc5ccccc5C4)[C@H](O)C3)nc(Cl)n2)CC1. The number of β-amino-alcohol motifs (C(OH)–C–C–N with tert-alkyl or cyclic N) is 1. The van der Waals surface area contributed by atoms with Crippen molar-refractivity contribution in [3.63, 3.8) is 0 Å². The van der Waals surface area contributed by atoms with Crippen molar-refractivity contribution in [2.45, 2.75) is 57.3 Å². The monoisotopic (exact) mass is 512 g/mol.